The highest BCUT2D eigenvalue weighted by Gasteiger charge is 2.34. The first-order chi connectivity index (χ1) is 7.99. The van der Waals surface area contributed by atoms with E-state index in [1.165, 1.54) is 18.0 Å². The maximum atomic E-state index is 11.5. The van der Waals surface area contributed by atoms with Crippen LogP contribution in [0.15, 0.2) is 10.6 Å². The van der Waals surface area contributed by atoms with Crippen LogP contribution in [0.1, 0.15) is 16.2 Å². The van der Waals surface area contributed by atoms with Crippen LogP contribution in [0.25, 0.3) is 0 Å². The van der Waals surface area contributed by atoms with E-state index in [1.807, 2.05) is 0 Å². The number of carboxylic acids is 1. The van der Waals surface area contributed by atoms with Crippen LogP contribution in [0, 0.1) is 0 Å². The van der Waals surface area contributed by atoms with E-state index < -0.39 is 12.0 Å². The van der Waals surface area contributed by atoms with Crippen molar-refractivity contribution < 1.29 is 24.0 Å². The van der Waals surface area contributed by atoms with Crippen LogP contribution in [0.3, 0.4) is 0 Å². The van der Waals surface area contributed by atoms with E-state index in [1.54, 1.807) is 0 Å². The second kappa shape index (κ2) is 3.89. The summed E-state index contributed by atoms with van der Waals surface area (Å²) < 4.78 is 4.72. The number of urea groups is 1. The fourth-order valence-corrected chi connectivity index (χ4v) is 1.47. The van der Waals surface area contributed by atoms with Crippen molar-refractivity contribution in [2.24, 2.45) is 0 Å². The molecule has 0 aromatic carbocycles. The molecule has 0 spiro atoms. The third-order valence-corrected chi connectivity index (χ3v) is 2.32. The van der Waals surface area contributed by atoms with Crippen LogP contribution >= 0.6 is 0 Å². The van der Waals surface area contributed by atoms with Gasteiger partial charge in [-0.05, 0) is 0 Å². The summed E-state index contributed by atoms with van der Waals surface area (Å²) >= 11 is 0. The van der Waals surface area contributed by atoms with Gasteiger partial charge in [0.05, 0.1) is 6.54 Å². The second-order valence-electron chi connectivity index (χ2n) is 3.60. The Hall–Kier alpha value is -2.38. The molecule has 0 radical (unpaired) electrons. The molecule has 0 saturated carbocycles. The Kier molecular flexibility index (Phi) is 2.54. The molecule has 3 amide bonds. The zero-order valence-electron chi connectivity index (χ0n) is 8.91. The van der Waals surface area contributed by atoms with Crippen LogP contribution in [0.2, 0.25) is 0 Å². The molecule has 1 aromatic rings. The topological polar surface area (TPSA) is 104 Å². The van der Waals surface area contributed by atoms with Crippen LogP contribution < -0.4 is 0 Å². The van der Waals surface area contributed by atoms with Crippen molar-refractivity contribution >= 4 is 17.9 Å². The summed E-state index contributed by atoms with van der Waals surface area (Å²) in [5.41, 5.74) is -0.257. The second-order valence-corrected chi connectivity index (χ2v) is 3.60. The molecule has 8 nitrogen and oxygen atoms in total. The molecule has 1 fully saturated rings. The SMILES string of the molecule is CN1CC(=O)N(Cc2cc(C(=O)O)no2)C1=O. The molecule has 2 heterocycles. The van der Waals surface area contributed by atoms with Crippen molar-refractivity contribution in [2.75, 3.05) is 13.6 Å². The summed E-state index contributed by atoms with van der Waals surface area (Å²) in [6.45, 7) is -0.0962. The summed E-state index contributed by atoms with van der Waals surface area (Å²) in [4.78, 5) is 35.7. The predicted octanol–water partition coefficient (Wildman–Crippen LogP) is -0.233. The van der Waals surface area contributed by atoms with Gasteiger partial charge in [0, 0.05) is 13.1 Å². The summed E-state index contributed by atoms with van der Waals surface area (Å²) in [5, 5.41) is 11.9. The third-order valence-electron chi connectivity index (χ3n) is 2.32. The van der Waals surface area contributed by atoms with Gasteiger partial charge in [0.1, 0.15) is 6.54 Å². The fraction of sp³-hybridized carbons (Fsp3) is 0.333. The number of nitrogens with zero attached hydrogens (tertiary/aromatic N) is 3. The first-order valence-corrected chi connectivity index (χ1v) is 4.73. The lowest BCUT2D eigenvalue weighted by Gasteiger charge is -2.11. The number of carbonyl (C=O) groups is 3. The zero-order chi connectivity index (χ0) is 12.6. The Morgan fingerprint density at radius 1 is 1.59 bits per heavy atom. The Labute approximate surface area is 95.4 Å². The maximum Gasteiger partial charge on any atom is 0.358 e. The highest BCUT2D eigenvalue weighted by molar-refractivity contribution is 6.01. The number of likely N-dealkylation sites (N-methyl/N-ethyl adjacent to an activating group) is 1. The van der Waals surface area contributed by atoms with Gasteiger partial charge in [-0.3, -0.25) is 9.69 Å². The lowest BCUT2D eigenvalue weighted by molar-refractivity contribution is -0.125. The van der Waals surface area contributed by atoms with E-state index >= 15 is 0 Å². The fourth-order valence-electron chi connectivity index (χ4n) is 1.47. The largest absolute Gasteiger partial charge is 0.476 e. The first-order valence-electron chi connectivity index (χ1n) is 4.73. The number of hydrogen-bond acceptors (Lipinski definition) is 5. The molecule has 1 N–H and O–H groups in total. The third kappa shape index (κ3) is 1.96. The van der Waals surface area contributed by atoms with Crippen molar-refractivity contribution in [1.29, 1.82) is 0 Å². The minimum Gasteiger partial charge on any atom is -0.476 e. The number of rotatable bonds is 3. The van der Waals surface area contributed by atoms with Crippen LogP contribution in [-0.4, -0.2) is 51.6 Å². The minimum absolute atomic E-state index is 0.0127. The van der Waals surface area contributed by atoms with Crippen LogP contribution in [0.5, 0.6) is 0 Å². The molecule has 1 aromatic heterocycles. The van der Waals surface area contributed by atoms with E-state index in [0.29, 0.717) is 0 Å². The Morgan fingerprint density at radius 2 is 2.29 bits per heavy atom. The van der Waals surface area contributed by atoms with Crippen molar-refractivity contribution in [2.45, 2.75) is 6.54 Å². The molecule has 2 rings (SSSR count). The highest BCUT2D eigenvalue weighted by atomic mass is 16.5. The summed E-state index contributed by atoms with van der Waals surface area (Å²) in [6, 6.07) is 0.740. The standard InChI is InChI=1S/C9H9N3O5/c1-11-4-7(13)12(9(11)16)3-5-2-6(8(14)15)10-17-5/h2H,3-4H2,1H3,(H,14,15). The van der Waals surface area contributed by atoms with Gasteiger partial charge < -0.3 is 14.5 Å². The van der Waals surface area contributed by atoms with E-state index in [-0.39, 0.29) is 30.5 Å². The Morgan fingerprint density at radius 3 is 2.76 bits per heavy atom. The molecule has 8 heteroatoms. The Bertz CT molecular complexity index is 495. The quantitative estimate of drug-likeness (QED) is 0.730. The van der Waals surface area contributed by atoms with E-state index in [9.17, 15) is 14.4 Å². The number of imide groups is 1. The predicted molar refractivity (Wildman–Crippen MR) is 52.0 cm³/mol. The molecular formula is C9H9N3O5. The maximum absolute atomic E-state index is 11.5. The van der Waals surface area contributed by atoms with Gasteiger partial charge in [0.2, 0.25) is 0 Å². The van der Waals surface area contributed by atoms with E-state index in [2.05, 4.69) is 5.16 Å². The lowest BCUT2D eigenvalue weighted by atomic mass is 10.3. The van der Waals surface area contributed by atoms with Gasteiger partial charge in [-0.1, -0.05) is 5.16 Å². The van der Waals surface area contributed by atoms with Gasteiger partial charge in [0.15, 0.2) is 11.5 Å². The van der Waals surface area contributed by atoms with Gasteiger partial charge in [0.25, 0.3) is 5.91 Å². The van der Waals surface area contributed by atoms with Crippen LogP contribution in [-0.2, 0) is 11.3 Å². The molecule has 90 valence electrons. The number of aromatic nitrogens is 1. The van der Waals surface area contributed by atoms with Crippen molar-refractivity contribution in [1.82, 2.24) is 15.0 Å². The number of hydrogen-bond donors (Lipinski definition) is 1. The first kappa shape index (κ1) is 11.1. The van der Waals surface area contributed by atoms with Crippen LogP contribution in [0.4, 0.5) is 4.79 Å². The molecule has 0 atom stereocenters. The molecular weight excluding hydrogens is 230 g/mol. The molecule has 0 bridgehead atoms. The van der Waals surface area contributed by atoms with Gasteiger partial charge in [-0.2, -0.15) is 0 Å². The van der Waals surface area contributed by atoms with Gasteiger partial charge in [-0.15, -0.1) is 0 Å². The van der Waals surface area contributed by atoms with Gasteiger partial charge >= 0.3 is 12.0 Å². The van der Waals surface area contributed by atoms with E-state index in [0.717, 1.165) is 4.90 Å². The van der Waals surface area contributed by atoms with E-state index in [4.69, 9.17) is 9.63 Å². The number of carboxylic acid groups (broad SMARTS) is 1. The molecule has 0 aliphatic carbocycles. The molecule has 0 unspecified atom stereocenters. The lowest BCUT2D eigenvalue weighted by Crippen LogP contribution is -2.30. The summed E-state index contributed by atoms with van der Waals surface area (Å²) in [6.07, 6.45) is 0. The normalized spacial score (nSPS) is 15.8. The molecule has 17 heavy (non-hydrogen) atoms. The van der Waals surface area contributed by atoms with Gasteiger partial charge in [-0.25, -0.2) is 9.59 Å². The van der Waals surface area contributed by atoms with Crippen molar-refractivity contribution in [3.8, 4) is 0 Å². The Balaban J connectivity index is 2.13. The minimum atomic E-state index is -1.23. The average Bonchev–Trinajstić information content (AvgIpc) is 2.80. The number of amides is 3. The number of carbonyl (C=O) groups excluding carboxylic acids is 2. The molecule has 1 aliphatic rings. The summed E-state index contributed by atoms with van der Waals surface area (Å²) in [7, 11) is 1.50. The van der Waals surface area contributed by atoms with Crippen molar-refractivity contribution in [3.05, 3.63) is 17.5 Å². The van der Waals surface area contributed by atoms with Crippen molar-refractivity contribution in [3.63, 3.8) is 0 Å². The number of aromatic carboxylic acids is 1. The molecule has 1 aliphatic heterocycles. The smallest absolute Gasteiger partial charge is 0.358 e. The molecule has 1 saturated heterocycles. The highest BCUT2D eigenvalue weighted by Crippen LogP contribution is 2.13. The average molecular weight is 239 g/mol. The zero-order valence-corrected chi connectivity index (χ0v) is 8.91. The summed E-state index contributed by atoms with van der Waals surface area (Å²) in [5.74, 6) is -1.43. The monoisotopic (exact) mass is 239 g/mol.